The van der Waals surface area contributed by atoms with Gasteiger partial charge in [0.1, 0.15) is 0 Å². The number of rotatable bonds is 2. The number of methoxy groups -OCH3 is 1. The van der Waals surface area contributed by atoms with E-state index < -0.39 is 11.5 Å². The maximum absolute atomic E-state index is 13.5. The van der Waals surface area contributed by atoms with Crippen LogP contribution in [-0.4, -0.2) is 28.0 Å². The average Bonchev–Trinajstić information content (AvgIpc) is 2.54. The van der Waals surface area contributed by atoms with Gasteiger partial charge in [-0.25, -0.2) is 4.68 Å². The Labute approximate surface area is 91.8 Å². The third-order valence-corrected chi connectivity index (χ3v) is 3.07. The Kier molecular flexibility index (Phi) is 2.46. The van der Waals surface area contributed by atoms with Gasteiger partial charge in [0.05, 0.1) is 30.4 Å². The van der Waals surface area contributed by atoms with E-state index in [4.69, 9.17) is 0 Å². The minimum absolute atomic E-state index is 0.148. The zero-order chi connectivity index (χ0) is 11.9. The molecule has 2 rings (SSSR count). The number of nitrogens with zero attached hydrogens (tertiary/aromatic N) is 2. The highest BCUT2D eigenvalue weighted by atomic mass is 19.1. The predicted octanol–water partition coefficient (Wildman–Crippen LogP) is 0.330. The molecule has 88 valence electrons. The minimum Gasteiger partial charge on any atom is -0.469 e. The standard InChI is InChI=1S/C10H13FN2O3/c1-13-8(11)7(5-12-13)10(15)3-6(4-10)9(14)16-2/h5-6,15H,3-4H2,1-2H3. The number of halogens is 1. The zero-order valence-corrected chi connectivity index (χ0v) is 9.11. The molecule has 1 N–H and O–H groups in total. The van der Waals surface area contributed by atoms with Crippen LogP contribution in [0.4, 0.5) is 4.39 Å². The molecule has 0 atom stereocenters. The molecule has 0 aromatic carbocycles. The molecule has 1 aliphatic carbocycles. The molecule has 0 radical (unpaired) electrons. The van der Waals surface area contributed by atoms with Crippen LogP contribution >= 0.6 is 0 Å². The van der Waals surface area contributed by atoms with Crippen LogP contribution in [0, 0.1) is 11.9 Å². The topological polar surface area (TPSA) is 64.3 Å². The first kappa shape index (κ1) is 11.1. The van der Waals surface area contributed by atoms with Crippen molar-refractivity contribution in [1.29, 1.82) is 0 Å². The second-order valence-corrected chi connectivity index (χ2v) is 4.13. The number of aliphatic hydroxyl groups is 1. The van der Waals surface area contributed by atoms with Crippen LogP contribution in [0.3, 0.4) is 0 Å². The molecule has 1 heterocycles. The molecule has 1 aromatic rings. The van der Waals surface area contributed by atoms with E-state index in [-0.39, 0.29) is 30.3 Å². The third kappa shape index (κ3) is 1.49. The predicted molar refractivity (Wildman–Crippen MR) is 51.8 cm³/mol. The van der Waals surface area contributed by atoms with Gasteiger partial charge in [-0.2, -0.15) is 9.49 Å². The van der Waals surface area contributed by atoms with E-state index in [9.17, 15) is 14.3 Å². The molecule has 0 aliphatic heterocycles. The first-order valence-corrected chi connectivity index (χ1v) is 4.96. The van der Waals surface area contributed by atoms with Gasteiger partial charge in [-0.15, -0.1) is 0 Å². The molecule has 0 amide bonds. The van der Waals surface area contributed by atoms with Gasteiger partial charge in [0.25, 0.3) is 0 Å². The Bertz CT molecular complexity index is 424. The molecule has 1 saturated carbocycles. The van der Waals surface area contributed by atoms with Crippen LogP contribution in [0.5, 0.6) is 0 Å². The summed E-state index contributed by atoms with van der Waals surface area (Å²) in [6.07, 6.45) is 1.66. The highest BCUT2D eigenvalue weighted by Crippen LogP contribution is 2.46. The second-order valence-electron chi connectivity index (χ2n) is 4.13. The van der Waals surface area contributed by atoms with Gasteiger partial charge in [0.15, 0.2) is 0 Å². The Hall–Kier alpha value is -1.43. The van der Waals surface area contributed by atoms with Crippen molar-refractivity contribution in [2.75, 3.05) is 7.11 Å². The Balaban J connectivity index is 2.13. The fourth-order valence-electron chi connectivity index (χ4n) is 2.04. The third-order valence-electron chi connectivity index (χ3n) is 3.07. The average molecular weight is 228 g/mol. The van der Waals surface area contributed by atoms with Crippen molar-refractivity contribution in [1.82, 2.24) is 9.78 Å². The number of ether oxygens (including phenoxy) is 1. The Morgan fingerprint density at radius 1 is 1.75 bits per heavy atom. The summed E-state index contributed by atoms with van der Waals surface area (Å²) in [5.41, 5.74) is -1.13. The molecular weight excluding hydrogens is 215 g/mol. The summed E-state index contributed by atoms with van der Waals surface area (Å²) in [7, 11) is 2.75. The number of hydrogen-bond acceptors (Lipinski definition) is 4. The molecule has 0 bridgehead atoms. The van der Waals surface area contributed by atoms with Crippen molar-refractivity contribution in [2.24, 2.45) is 13.0 Å². The van der Waals surface area contributed by atoms with Crippen LogP contribution < -0.4 is 0 Å². The molecule has 5 nitrogen and oxygen atoms in total. The van der Waals surface area contributed by atoms with Gasteiger partial charge in [-0.1, -0.05) is 0 Å². The molecule has 16 heavy (non-hydrogen) atoms. The highest BCUT2D eigenvalue weighted by molar-refractivity contribution is 5.74. The zero-order valence-electron chi connectivity index (χ0n) is 9.11. The normalized spacial score (nSPS) is 28.6. The fourth-order valence-corrected chi connectivity index (χ4v) is 2.04. The van der Waals surface area contributed by atoms with E-state index in [1.807, 2.05) is 0 Å². The Morgan fingerprint density at radius 2 is 2.38 bits per heavy atom. The van der Waals surface area contributed by atoms with Gasteiger partial charge in [-0.3, -0.25) is 4.79 Å². The van der Waals surface area contributed by atoms with Gasteiger partial charge >= 0.3 is 5.97 Å². The molecular formula is C10H13FN2O3. The summed E-state index contributed by atoms with van der Waals surface area (Å²) in [6, 6.07) is 0. The van der Waals surface area contributed by atoms with E-state index in [1.165, 1.54) is 20.4 Å². The maximum Gasteiger partial charge on any atom is 0.308 e. The number of carbonyl (C=O) groups is 1. The molecule has 0 saturated heterocycles. The van der Waals surface area contributed by atoms with Crippen molar-refractivity contribution in [3.05, 3.63) is 17.7 Å². The molecule has 1 aromatic heterocycles. The highest BCUT2D eigenvalue weighted by Gasteiger charge is 2.50. The number of aryl methyl sites for hydroxylation is 1. The van der Waals surface area contributed by atoms with Crippen molar-refractivity contribution in [2.45, 2.75) is 18.4 Å². The van der Waals surface area contributed by atoms with Crippen molar-refractivity contribution in [3.8, 4) is 0 Å². The summed E-state index contributed by atoms with van der Waals surface area (Å²) in [5, 5.41) is 13.8. The molecule has 0 spiro atoms. The number of carbonyl (C=O) groups excluding carboxylic acids is 1. The van der Waals surface area contributed by atoms with E-state index in [2.05, 4.69) is 9.84 Å². The van der Waals surface area contributed by atoms with Gasteiger partial charge in [0, 0.05) is 7.05 Å². The summed E-state index contributed by atoms with van der Waals surface area (Å²) in [5.74, 6) is -1.28. The number of hydrogen-bond donors (Lipinski definition) is 1. The lowest BCUT2D eigenvalue weighted by Gasteiger charge is -2.41. The van der Waals surface area contributed by atoms with Crippen molar-refractivity contribution < 1.29 is 19.0 Å². The van der Waals surface area contributed by atoms with E-state index >= 15 is 0 Å². The molecule has 6 heteroatoms. The van der Waals surface area contributed by atoms with E-state index in [0.29, 0.717) is 0 Å². The number of aromatic nitrogens is 2. The largest absolute Gasteiger partial charge is 0.469 e. The quantitative estimate of drug-likeness (QED) is 0.741. The number of esters is 1. The SMILES string of the molecule is COC(=O)C1CC(O)(c2cnn(C)c2F)C1. The molecule has 0 unspecified atom stereocenters. The lowest BCUT2D eigenvalue weighted by Crippen LogP contribution is -2.45. The fraction of sp³-hybridized carbons (Fsp3) is 0.600. The first-order chi connectivity index (χ1) is 7.48. The lowest BCUT2D eigenvalue weighted by molar-refractivity contribution is -0.163. The molecule has 1 aliphatic rings. The first-order valence-electron chi connectivity index (χ1n) is 4.96. The van der Waals surface area contributed by atoms with E-state index in [1.54, 1.807) is 0 Å². The van der Waals surface area contributed by atoms with Crippen LogP contribution in [0.1, 0.15) is 18.4 Å². The van der Waals surface area contributed by atoms with Crippen molar-refractivity contribution >= 4 is 5.97 Å². The Morgan fingerprint density at radius 3 is 2.81 bits per heavy atom. The molecule has 1 fully saturated rings. The van der Waals surface area contributed by atoms with Gasteiger partial charge in [-0.05, 0) is 12.8 Å². The lowest BCUT2D eigenvalue weighted by atomic mass is 9.68. The van der Waals surface area contributed by atoms with Crippen LogP contribution in [0.2, 0.25) is 0 Å². The van der Waals surface area contributed by atoms with Crippen LogP contribution in [-0.2, 0) is 22.2 Å². The van der Waals surface area contributed by atoms with Crippen LogP contribution in [0.25, 0.3) is 0 Å². The second kappa shape index (κ2) is 3.55. The van der Waals surface area contributed by atoms with Gasteiger partial charge in [0.2, 0.25) is 5.95 Å². The maximum atomic E-state index is 13.5. The summed E-state index contributed by atoms with van der Waals surface area (Å²) >= 11 is 0. The summed E-state index contributed by atoms with van der Waals surface area (Å²) in [6.45, 7) is 0. The smallest absolute Gasteiger partial charge is 0.308 e. The van der Waals surface area contributed by atoms with Crippen molar-refractivity contribution in [3.63, 3.8) is 0 Å². The summed E-state index contributed by atoms with van der Waals surface area (Å²) < 4.78 is 19.1. The van der Waals surface area contributed by atoms with Gasteiger partial charge < -0.3 is 9.84 Å². The summed E-state index contributed by atoms with van der Waals surface area (Å²) in [4.78, 5) is 11.2. The minimum atomic E-state index is -1.28. The van der Waals surface area contributed by atoms with Crippen LogP contribution in [0.15, 0.2) is 6.20 Å². The van der Waals surface area contributed by atoms with E-state index in [0.717, 1.165) is 4.68 Å². The monoisotopic (exact) mass is 228 g/mol.